The highest BCUT2D eigenvalue weighted by Crippen LogP contribution is 2.35. The third-order valence-corrected chi connectivity index (χ3v) is 4.16. The molecule has 3 nitrogen and oxygen atoms in total. The molecule has 0 unspecified atom stereocenters. The quantitative estimate of drug-likeness (QED) is 0.827. The number of benzene rings is 1. The van der Waals surface area contributed by atoms with Crippen molar-refractivity contribution in [3.05, 3.63) is 24.3 Å². The molecule has 0 spiro atoms. The summed E-state index contributed by atoms with van der Waals surface area (Å²) in [6.45, 7) is 1.94. The fraction of sp³-hybridized carbons (Fsp3) is 0.600. The molecule has 3 rings (SSSR count). The van der Waals surface area contributed by atoms with E-state index >= 15 is 0 Å². The summed E-state index contributed by atoms with van der Waals surface area (Å²) in [5.41, 5.74) is 7.28. The second kappa shape index (κ2) is 5.19. The van der Waals surface area contributed by atoms with Crippen LogP contribution >= 0.6 is 0 Å². The molecule has 98 valence electrons. The van der Waals surface area contributed by atoms with Crippen LogP contribution in [0.15, 0.2) is 24.3 Å². The second-order valence-electron chi connectivity index (χ2n) is 5.43. The summed E-state index contributed by atoms with van der Waals surface area (Å²) in [7, 11) is 0. The monoisotopic (exact) mass is 246 g/mol. The lowest BCUT2D eigenvalue weighted by Gasteiger charge is -2.37. The van der Waals surface area contributed by atoms with E-state index in [2.05, 4.69) is 29.2 Å². The number of ether oxygens (including phenoxy) is 1. The minimum absolute atomic E-state index is 0.416. The number of anilines is 1. The minimum Gasteiger partial charge on any atom is -0.491 e. The van der Waals surface area contributed by atoms with Gasteiger partial charge in [0.05, 0.1) is 12.3 Å². The number of nitrogens with zero attached hydrogens (tertiary/aromatic N) is 1. The molecule has 1 aromatic rings. The van der Waals surface area contributed by atoms with Crippen LogP contribution in [0.25, 0.3) is 0 Å². The van der Waals surface area contributed by atoms with Crippen LogP contribution in [-0.4, -0.2) is 25.2 Å². The molecule has 1 aromatic carbocycles. The van der Waals surface area contributed by atoms with Gasteiger partial charge >= 0.3 is 0 Å². The lowest BCUT2D eigenvalue weighted by molar-refractivity contribution is 0.321. The topological polar surface area (TPSA) is 38.5 Å². The molecular formula is C15H22N2O. The summed E-state index contributed by atoms with van der Waals surface area (Å²) in [4.78, 5) is 2.55. The predicted molar refractivity (Wildman–Crippen MR) is 74.1 cm³/mol. The Morgan fingerprint density at radius 2 is 1.89 bits per heavy atom. The normalized spacial score (nSPS) is 28.2. The Hall–Kier alpha value is -1.22. The van der Waals surface area contributed by atoms with E-state index in [1.165, 1.54) is 18.5 Å². The van der Waals surface area contributed by atoms with Crippen LogP contribution in [0.4, 0.5) is 5.69 Å². The molecule has 0 aromatic heterocycles. The van der Waals surface area contributed by atoms with Crippen LogP contribution < -0.4 is 15.4 Å². The maximum atomic E-state index is 6.01. The van der Waals surface area contributed by atoms with Gasteiger partial charge in [-0.1, -0.05) is 12.1 Å². The first-order chi connectivity index (χ1) is 8.84. The van der Waals surface area contributed by atoms with E-state index in [4.69, 9.17) is 10.5 Å². The Bertz CT molecular complexity index is 399. The first kappa shape index (κ1) is 11.8. The lowest BCUT2D eigenvalue weighted by atomic mass is 9.90. The van der Waals surface area contributed by atoms with Crippen molar-refractivity contribution in [2.75, 3.05) is 18.1 Å². The Morgan fingerprint density at radius 1 is 1.11 bits per heavy atom. The number of nitrogens with two attached hydrogens (primary N) is 1. The molecule has 1 fully saturated rings. The highest BCUT2D eigenvalue weighted by Gasteiger charge is 2.27. The highest BCUT2D eigenvalue weighted by molar-refractivity contribution is 5.59. The predicted octanol–water partition coefficient (Wildman–Crippen LogP) is 2.55. The van der Waals surface area contributed by atoms with Gasteiger partial charge < -0.3 is 15.4 Å². The van der Waals surface area contributed by atoms with Gasteiger partial charge in [0.15, 0.2) is 0 Å². The van der Waals surface area contributed by atoms with Crippen molar-refractivity contribution in [2.24, 2.45) is 5.73 Å². The van der Waals surface area contributed by atoms with Crippen molar-refractivity contribution >= 4 is 5.69 Å². The summed E-state index contributed by atoms with van der Waals surface area (Å²) >= 11 is 0. The van der Waals surface area contributed by atoms with Gasteiger partial charge in [-0.25, -0.2) is 0 Å². The van der Waals surface area contributed by atoms with Crippen LogP contribution in [0.3, 0.4) is 0 Å². The maximum Gasteiger partial charge on any atom is 0.142 e. The van der Waals surface area contributed by atoms with Crippen molar-refractivity contribution in [1.29, 1.82) is 0 Å². The van der Waals surface area contributed by atoms with Gasteiger partial charge in [0.25, 0.3) is 0 Å². The van der Waals surface area contributed by atoms with Gasteiger partial charge in [-0.3, -0.25) is 0 Å². The zero-order chi connectivity index (χ0) is 12.4. The van der Waals surface area contributed by atoms with Gasteiger partial charge in [-0.05, 0) is 44.2 Å². The summed E-state index contributed by atoms with van der Waals surface area (Å²) < 4.78 is 5.82. The minimum atomic E-state index is 0.416. The molecule has 1 aliphatic heterocycles. The first-order valence-electron chi connectivity index (χ1n) is 7.08. The first-order valence-corrected chi connectivity index (χ1v) is 7.08. The SMILES string of the molecule is NC1CCC(N2CCCOc3ccccc32)CC1. The third kappa shape index (κ3) is 2.32. The van der Waals surface area contributed by atoms with Gasteiger partial charge in [0.2, 0.25) is 0 Å². The largest absolute Gasteiger partial charge is 0.491 e. The summed E-state index contributed by atoms with van der Waals surface area (Å²) in [5, 5.41) is 0. The van der Waals surface area contributed by atoms with Crippen molar-refractivity contribution in [3.8, 4) is 5.75 Å². The lowest BCUT2D eigenvalue weighted by Crippen LogP contribution is -2.41. The molecule has 0 saturated heterocycles. The van der Waals surface area contributed by atoms with Crippen LogP contribution in [0, 0.1) is 0 Å². The average Bonchev–Trinajstić information content (AvgIpc) is 2.62. The molecule has 2 N–H and O–H groups in total. The highest BCUT2D eigenvalue weighted by atomic mass is 16.5. The fourth-order valence-corrected chi connectivity index (χ4v) is 3.15. The Kier molecular flexibility index (Phi) is 3.41. The van der Waals surface area contributed by atoms with Crippen LogP contribution in [0.1, 0.15) is 32.1 Å². The van der Waals surface area contributed by atoms with Crippen molar-refractivity contribution < 1.29 is 4.74 Å². The van der Waals surface area contributed by atoms with Gasteiger partial charge in [0.1, 0.15) is 5.75 Å². The molecule has 1 aliphatic carbocycles. The van der Waals surface area contributed by atoms with Crippen molar-refractivity contribution in [3.63, 3.8) is 0 Å². The van der Waals surface area contributed by atoms with E-state index in [0.29, 0.717) is 12.1 Å². The van der Waals surface area contributed by atoms with Gasteiger partial charge in [0, 0.05) is 18.6 Å². The van der Waals surface area contributed by atoms with E-state index < -0.39 is 0 Å². The summed E-state index contributed by atoms with van der Waals surface area (Å²) in [5.74, 6) is 1.05. The Labute approximate surface area is 109 Å². The molecule has 0 radical (unpaired) electrons. The van der Waals surface area contributed by atoms with E-state index in [9.17, 15) is 0 Å². The number of rotatable bonds is 1. The standard InChI is InChI=1S/C15H22N2O/c16-12-6-8-13(9-7-12)17-10-3-11-18-15-5-2-1-4-14(15)17/h1-2,4-5,12-13H,3,6-11,16H2. The number of hydrogen-bond acceptors (Lipinski definition) is 3. The molecule has 1 saturated carbocycles. The van der Waals surface area contributed by atoms with E-state index in [0.717, 1.165) is 38.2 Å². The zero-order valence-electron chi connectivity index (χ0n) is 10.8. The molecule has 3 heteroatoms. The average molecular weight is 246 g/mol. The van der Waals surface area contributed by atoms with E-state index in [-0.39, 0.29) is 0 Å². The van der Waals surface area contributed by atoms with Gasteiger partial charge in [-0.15, -0.1) is 0 Å². The molecule has 2 aliphatic rings. The van der Waals surface area contributed by atoms with Crippen molar-refractivity contribution in [2.45, 2.75) is 44.2 Å². The number of hydrogen-bond donors (Lipinski definition) is 1. The Morgan fingerprint density at radius 3 is 2.72 bits per heavy atom. The van der Waals surface area contributed by atoms with Crippen LogP contribution in [0.2, 0.25) is 0 Å². The maximum absolute atomic E-state index is 6.01. The molecule has 0 atom stereocenters. The molecular weight excluding hydrogens is 224 g/mol. The Balaban J connectivity index is 1.83. The zero-order valence-corrected chi connectivity index (χ0v) is 10.8. The summed E-state index contributed by atoms with van der Waals surface area (Å²) in [6.07, 6.45) is 5.86. The summed E-state index contributed by atoms with van der Waals surface area (Å²) in [6, 6.07) is 9.50. The smallest absolute Gasteiger partial charge is 0.142 e. The van der Waals surface area contributed by atoms with E-state index in [1.54, 1.807) is 0 Å². The van der Waals surface area contributed by atoms with Crippen LogP contribution in [0.5, 0.6) is 5.75 Å². The third-order valence-electron chi connectivity index (χ3n) is 4.16. The van der Waals surface area contributed by atoms with E-state index in [1.807, 2.05) is 0 Å². The molecule has 0 bridgehead atoms. The van der Waals surface area contributed by atoms with Gasteiger partial charge in [-0.2, -0.15) is 0 Å². The van der Waals surface area contributed by atoms with Crippen molar-refractivity contribution in [1.82, 2.24) is 0 Å². The van der Waals surface area contributed by atoms with Crippen LogP contribution in [-0.2, 0) is 0 Å². The second-order valence-corrected chi connectivity index (χ2v) is 5.43. The number of para-hydroxylation sites is 2. The molecule has 1 heterocycles. The fourth-order valence-electron chi connectivity index (χ4n) is 3.15. The number of fused-ring (bicyclic) bond motifs is 1. The molecule has 18 heavy (non-hydrogen) atoms. The molecule has 0 amide bonds.